The minimum absolute atomic E-state index is 0.000741. The molecule has 0 aliphatic heterocycles. The molecule has 0 atom stereocenters. The maximum Gasteiger partial charge on any atom is 0.435 e. The number of halogens is 5. The van der Waals surface area contributed by atoms with Crippen molar-refractivity contribution >= 4 is 0 Å². The first-order chi connectivity index (χ1) is 7.30. The van der Waals surface area contributed by atoms with E-state index < -0.39 is 18.0 Å². The Labute approximate surface area is 88.4 Å². The van der Waals surface area contributed by atoms with E-state index in [1.807, 2.05) is 0 Å². The molecule has 0 saturated heterocycles. The fourth-order valence-electron chi connectivity index (χ4n) is 1.17. The molecule has 7 heteroatoms. The molecule has 0 spiro atoms. The highest BCUT2D eigenvalue weighted by atomic mass is 19.4. The second-order valence-corrected chi connectivity index (χ2v) is 3.17. The molecule has 90 valence electrons. The molecule has 0 aromatic carbocycles. The summed E-state index contributed by atoms with van der Waals surface area (Å²) in [7, 11) is 0. The molecular formula is C9H9F5N2. The molecule has 2 nitrogen and oxygen atoms in total. The molecule has 0 bridgehead atoms. The smallest absolute Gasteiger partial charge is 0.269 e. The van der Waals surface area contributed by atoms with Crippen LogP contribution in [0.3, 0.4) is 0 Å². The van der Waals surface area contributed by atoms with Crippen molar-refractivity contribution in [2.24, 2.45) is 0 Å². The minimum Gasteiger partial charge on any atom is -0.269 e. The van der Waals surface area contributed by atoms with Crippen LogP contribution in [0.15, 0.2) is 18.2 Å². The van der Waals surface area contributed by atoms with E-state index in [9.17, 15) is 22.0 Å². The molecular weight excluding hydrogens is 231 g/mol. The van der Waals surface area contributed by atoms with E-state index in [0.717, 1.165) is 10.7 Å². The van der Waals surface area contributed by atoms with Gasteiger partial charge in [0.2, 0.25) is 0 Å². The lowest BCUT2D eigenvalue weighted by atomic mass is 10.3. The van der Waals surface area contributed by atoms with Gasteiger partial charge in [0, 0.05) is 12.2 Å². The first-order valence-corrected chi connectivity index (χ1v) is 4.43. The lowest BCUT2D eigenvalue weighted by molar-refractivity contribution is -0.141. The Morgan fingerprint density at radius 2 is 2.06 bits per heavy atom. The van der Waals surface area contributed by atoms with Gasteiger partial charge in [0.1, 0.15) is 0 Å². The van der Waals surface area contributed by atoms with E-state index in [1.165, 1.54) is 6.92 Å². The summed E-state index contributed by atoms with van der Waals surface area (Å²) in [6.45, 7) is 1.44. The number of rotatable bonds is 3. The monoisotopic (exact) mass is 240 g/mol. The third kappa shape index (κ3) is 3.32. The summed E-state index contributed by atoms with van der Waals surface area (Å²) in [5.74, 6) is 0. The molecule has 1 aromatic heterocycles. The molecule has 1 aromatic rings. The van der Waals surface area contributed by atoms with Gasteiger partial charge in [0.05, 0.1) is 0 Å². The van der Waals surface area contributed by atoms with Gasteiger partial charge < -0.3 is 0 Å². The van der Waals surface area contributed by atoms with E-state index in [4.69, 9.17) is 0 Å². The zero-order chi connectivity index (χ0) is 12.3. The van der Waals surface area contributed by atoms with Gasteiger partial charge in [-0.15, -0.1) is 0 Å². The van der Waals surface area contributed by atoms with Gasteiger partial charge in [-0.25, -0.2) is 0 Å². The highest BCUT2D eigenvalue weighted by Crippen LogP contribution is 2.28. The highest BCUT2D eigenvalue weighted by molar-refractivity contribution is 5.11. The second-order valence-electron chi connectivity index (χ2n) is 3.17. The molecule has 0 aliphatic carbocycles. The lowest BCUT2D eigenvalue weighted by Crippen LogP contribution is -2.08. The van der Waals surface area contributed by atoms with Crippen molar-refractivity contribution in [3.8, 4) is 0 Å². The van der Waals surface area contributed by atoms with Gasteiger partial charge in [-0.05, 0) is 25.5 Å². The summed E-state index contributed by atoms with van der Waals surface area (Å²) in [5.41, 5.74) is -0.713. The van der Waals surface area contributed by atoms with E-state index in [0.29, 0.717) is 11.8 Å². The summed E-state index contributed by atoms with van der Waals surface area (Å²) >= 11 is 0. The average Bonchev–Trinajstić information content (AvgIpc) is 2.46. The van der Waals surface area contributed by atoms with Crippen LogP contribution in [0.25, 0.3) is 0 Å². The van der Waals surface area contributed by atoms with Crippen molar-refractivity contribution in [1.29, 1.82) is 0 Å². The number of nitrogens with zero attached hydrogens (tertiary/aromatic N) is 2. The largest absolute Gasteiger partial charge is 0.435 e. The van der Waals surface area contributed by atoms with Crippen molar-refractivity contribution in [1.82, 2.24) is 9.78 Å². The fraction of sp³-hybridized carbons (Fsp3) is 0.444. The van der Waals surface area contributed by atoms with Crippen LogP contribution < -0.4 is 0 Å². The zero-order valence-corrected chi connectivity index (χ0v) is 8.35. The van der Waals surface area contributed by atoms with Crippen molar-refractivity contribution in [3.63, 3.8) is 0 Å². The van der Waals surface area contributed by atoms with E-state index in [-0.39, 0.29) is 13.0 Å². The summed E-state index contributed by atoms with van der Waals surface area (Å²) in [6, 6.07) is 0.884. The SMILES string of the molecule is Cc1cc(C(F)(F)F)nn1CCC=C(F)F. The van der Waals surface area contributed by atoms with E-state index in [1.54, 1.807) is 0 Å². The maximum absolute atomic E-state index is 12.2. The normalized spacial score (nSPS) is 11.6. The van der Waals surface area contributed by atoms with Crippen LogP contribution in [0.4, 0.5) is 22.0 Å². The second kappa shape index (κ2) is 4.63. The van der Waals surface area contributed by atoms with Crippen LogP contribution in [0.2, 0.25) is 0 Å². The third-order valence-electron chi connectivity index (χ3n) is 1.91. The standard InChI is InChI=1S/C9H9F5N2/c1-6-5-7(9(12,13)14)15-16(6)4-2-3-8(10)11/h3,5H,2,4H2,1H3. The number of alkyl halides is 3. The Bertz CT molecular complexity index is 387. The molecule has 0 saturated carbocycles. The van der Waals surface area contributed by atoms with Crippen LogP contribution in [0.1, 0.15) is 17.8 Å². The first-order valence-electron chi connectivity index (χ1n) is 4.43. The molecule has 0 unspecified atom stereocenters. The molecule has 1 heterocycles. The van der Waals surface area contributed by atoms with Gasteiger partial charge >= 0.3 is 6.18 Å². The maximum atomic E-state index is 12.2. The van der Waals surface area contributed by atoms with Crippen molar-refractivity contribution in [2.75, 3.05) is 0 Å². The first kappa shape index (κ1) is 12.7. The molecule has 0 radical (unpaired) electrons. The molecule has 0 aliphatic rings. The van der Waals surface area contributed by atoms with Gasteiger partial charge in [0.25, 0.3) is 6.08 Å². The molecule has 0 N–H and O–H groups in total. The van der Waals surface area contributed by atoms with Crippen molar-refractivity contribution < 1.29 is 22.0 Å². The van der Waals surface area contributed by atoms with Crippen LogP contribution in [0.5, 0.6) is 0 Å². The average molecular weight is 240 g/mol. The summed E-state index contributed by atoms with van der Waals surface area (Å²) in [6.07, 6.45) is -5.76. The Balaban J connectivity index is 2.75. The zero-order valence-electron chi connectivity index (χ0n) is 8.35. The van der Waals surface area contributed by atoms with E-state index in [2.05, 4.69) is 5.10 Å². The van der Waals surface area contributed by atoms with Gasteiger partial charge in [0.15, 0.2) is 5.69 Å². The number of hydrogen-bond acceptors (Lipinski definition) is 1. The predicted molar refractivity (Wildman–Crippen MR) is 46.9 cm³/mol. The highest BCUT2D eigenvalue weighted by Gasteiger charge is 2.34. The van der Waals surface area contributed by atoms with Crippen LogP contribution >= 0.6 is 0 Å². The number of hydrogen-bond donors (Lipinski definition) is 0. The minimum atomic E-state index is -4.50. The number of aryl methyl sites for hydroxylation is 2. The Hall–Kier alpha value is -1.40. The van der Waals surface area contributed by atoms with E-state index >= 15 is 0 Å². The lowest BCUT2D eigenvalue weighted by Gasteiger charge is -2.02. The quantitative estimate of drug-likeness (QED) is 0.740. The molecule has 1 rings (SSSR count). The topological polar surface area (TPSA) is 17.8 Å². The van der Waals surface area contributed by atoms with Crippen molar-refractivity contribution in [2.45, 2.75) is 26.1 Å². The van der Waals surface area contributed by atoms with Crippen LogP contribution in [0, 0.1) is 6.92 Å². The predicted octanol–water partition coefficient (Wildman–Crippen LogP) is 3.38. The molecule has 16 heavy (non-hydrogen) atoms. The number of allylic oxidation sites excluding steroid dienone is 1. The van der Waals surface area contributed by atoms with Crippen LogP contribution in [-0.4, -0.2) is 9.78 Å². The summed E-state index contributed by atoms with van der Waals surface area (Å²) < 4.78 is 61.1. The Kier molecular flexibility index (Phi) is 3.66. The Morgan fingerprint density at radius 3 is 2.50 bits per heavy atom. The molecule has 0 amide bonds. The summed E-state index contributed by atoms with van der Waals surface area (Å²) in [4.78, 5) is 0. The Morgan fingerprint density at radius 1 is 1.44 bits per heavy atom. The van der Waals surface area contributed by atoms with Gasteiger partial charge in [-0.2, -0.15) is 27.1 Å². The number of aromatic nitrogens is 2. The van der Waals surface area contributed by atoms with Gasteiger partial charge in [-0.1, -0.05) is 0 Å². The summed E-state index contributed by atoms with van der Waals surface area (Å²) in [5, 5.41) is 3.30. The fourth-order valence-corrected chi connectivity index (χ4v) is 1.17. The van der Waals surface area contributed by atoms with Crippen LogP contribution in [-0.2, 0) is 12.7 Å². The van der Waals surface area contributed by atoms with Gasteiger partial charge in [-0.3, -0.25) is 4.68 Å². The van der Waals surface area contributed by atoms with Crippen molar-refractivity contribution in [3.05, 3.63) is 29.6 Å². The third-order valence-corrected chi connectivity index (χ3v) is 1.91. The molecule has 0 fully saturated rings.